The second-order valence-electron chi connectivity index (χ2n) is 5.81. The maximum atomic E-state index is 10.3. The van der Waals surface area contributed by atoms with Crippen molar-refractivity contribution >= 4 is 5.97 Å². The zero-order chi connectivity index (χ0) is 15.6. The predicted octanol–water partition coefficient (Wildman–Crippen LogP) is 6.27. The Morgan fingerprint density at radius 2 is 1.14 bits per heavy atom. The molecule has 0 aliphatic rings. The molecule has 0 aromatic heterocycles. The normalized spacial score (nSPS) is 11.0. The van der Waals surface area contributed by atoms with Crippen LogP contribution < -0.4 is 0 Å². The van der Waals surface area contributed by atoms with Gasteiger partial charge in [-0.05, 0) is 44.9 Å². The van der Waals surface area contributed by atoms with Crippen LogP contribution in [0.3, 0.4) is 0 Å². The van der Waals surface area contributed by atoms with Crippen molar-refractivity contribution in [3.05, 3.63) is 24.8 Å². The van der Waals surface area contributed by atoms with Gasteiger partial charge in [-0.2, -0.15) is 0 Å². The van der Waals surface area contributed by atoms with E-state index >= 15 is 0 Å². The summed E-state index contributed by atoms with van der Waals surface area (Å²) < 4.78 is 0. The smallest absolute Gasteiger partial charge is 0.303 e. The van der Waals surface area contributed by atoms with E-state index in [4.69, 9.17) is 5.11 Å². The van der Waals surface area contributed by atoms with Gasteiger partial charge in [-0.1, -0.05) is 56.8 Å². The van der Waals surface area contributed by atoms with Crippen LogP contribution in [0.2, 0.25) is 0 Å². The van der Waals surface area contributed by atoms with Crippen molar-refractivity contribution in [1.29, 1.82) is 0 Å². The minimum atomic E-state index is -0.675. The number of hydrogen-bond acceptors (Lipinski definition) is 1. The summed E-state index contributed by atoms with van der Waals surface area (Å²) in [6.45, 7) is 3.74. The fourth-order valence-corrected chi connectivity index (χ4v) is 2.39. The Bertz CT molecular complexity index is 269. The number of rotatable bonds is 16. The SMILES string of the molecule is C=CCCCCCCCCCC=CCCCCCC(=O)O. The molecule has 1 N–H and O–H groups in total. The standard InChI is InChI=1S/C19H34O2/c1-2-3-4-5-6-7-8-9-10-11-12-13-14-15-16-17-18-19(20)21/h2,12-13H,1,3-11,14-18H2,(H,20,21). The molecule has 122 valence electrons. The number of carbonyl (C=O) groups is 1. The highest BCUT2D eigenvalue weighted by Gasteiger charge is 1.95. The van der Waals surface area contributed by atoms with E-state index in [-0.39, 0.29) is 0 Å². The van der Waals surface area contributed by atoms with Crippen LogP contribution in [0.25, 0.3) is 0 Å². The first kappa shape index (κ1) is 19.9. The van der Waals surface area contributed by atoms with Crippen LogP contribution in [-0.4, -0.2) is 11.1 Å². The predicted molar refractivity (Wildman–Crippen MR) is 91.6 cm³/mol. The molecular formula is C19H34O2. The van der Waals surface area contributed by atoms with E-state index in [0.29, 0.717) is 6.42 Å². The number of unbranched alkanes of at least 4 members (excludes halogenated alkanes) is 11. The monoisotopic (exact) mass is 294 g/mol. The Morgan fingerprint density at radius 3 is 1.62 bits per heavy atom. The lowest BCUT2D eigenvalue weighted by Gasteiger charge is -2.00. The van der Waals surface area contributed by atoms with Gasteiger partial charge in [0, 0.05) is 6.42 Å². The van der Waals surface area contributed by atoms with Gasteiger partial charge < -0.3 is 5.11 Å². The minimum Gasteiger partial charge on any atom is -0.481 e. The van der Waals surface area contributed by atoms with Crippen LogP contribution >= 0.6 is 0 Å². The van der Waals surface area contributed by atoms with Crippen LogP contribution in [0, 0.1) is 0 Å². The lowest BCUT2D eigenvalue weighted by Crippen LogP contribution is -1.93. The summed E-state index contributed by atoms with van der Waals surface area (Å²) in [5.41, 5.74) is 0. The number of allylic oxidation sites excluding steroid dienone is 3. The molecule has 0 amide bonds. The third-order valence-corrected chi connectivity index (χ3v) is 3.71. The van der Waals surface area contributed by atoms with E-state index in [1.807, 2.05) is 6.08 Å². The summed E-state index contributed by atoms with van der Waals surface area (Å²) in [4.78, 5) is 10.3. The molecule has 0 aliphatic carbocycles. The molecule has 2 heteroatoms. The van der Waals surface area contributed by atoms with Crippen LogP contribution in [0.5, 0.6) is 0 Å². The van der Waals surface area contributed by atoms with E-state index in [9.17, 15) is 4.79 Å². The Morgan fingerprint density at radius 1 is 0.714 bits per heavy atom. The molecule has 0 bridgehead atoms. The van der Waals surface area contributed by atoms with Gasteiger partial charge in [-0.3, -0.25) is 4.79 Å². The summed E-state index contributed by atoms with van der Waals surface area (Å²) in [6, 6.07) is 0. The first-order valence-corrected chi connectivity index (χ1v) is 8.75. The molecule has 0 saturated carbocycles. The van der Waals surface area contributed by atoms with E-state index in [1.54, 1.807) is 0 Å². The van der Waals surface area contributed by atoms with Crippen LogP contribution in [0.4, 0.5) is 0 Å². The summed E-state index contributed by atoms with van der Waals surface area (Å²) in [5.74, 6) is -0.675. The average Bonchev–Trinajstić information content (AvgIpc) is 2.46. The van der Waals surface area contributed by atoms with Crippen molar-refractivity contribution in [1.82, 2.24) is 0 Å². The van der Waals surface area contributed by atoms with Crippen molar-refractivity contribution in [3.63, 3.8) is 0 Å². The zero-order valence-corrected chi connectivity index (χ0v) is 13.7. The molecule has 0 heterocycles. The van der Waals surface area contributed by atoms with Gasteiger partial charge in [0.1, 0.15) is 0 Å². The van der Waals surface area contributed by atoms with Crippen LogP contribution in [-0.2, 0) is 4.79 Å². The summed E-state index contributed by atoms with van der Waals surface area (Å²) in [6.07, 6.45) is 22.8. The molecule has 21 heavy (non-hydrogen) atoms. The van der Waals surface area contributed by atoms with Gasteiger partial charge in [0.15, 0.2) is 0 Å². The van der Waals surface area contributed by atoms with Crippen molar-refractivity contribution in [2.75, 3.05) is 0 Å². The van der Waals surface area contributed by atoms with E-state index in [2.05, 4.69) is 18.7 Å². The fraction of sp³-hybridized carbons (Fsp3) is 0.737. The van der Waals surface area contributed by atoms with Gasteiger partial charge in [-0.15, -0.1) is 6.58 Å². The molecule has 2 nitrogen and oxygen atoms in total. The molecule has 0 aliphatic heterocycles. The first-order chi connectivity index (χ1) is 10.3. The summed E-state index contributed by atoms with van der Waals surface area (Å²) >= 11 is 0. The molecule has 0 spiro atoms. The van der Waals surface area contributed by atoms with E-state index < -0.39 is 5.97 Å². The molecule has 0 unspecified atom stereocenters. The van der Waals surface area contributed by atoms with Gasteiger partial charge in [0.05, 0.1) is 0 Å². The molecule has 0 saturated heterocycles. The third-order valence-electron chi connectivity index (χ3n) is 3.71. The highest BCUT2D eigenvalue weighted by Crippen LogP contribution is 2.10. The zero-order valence-electron chi connectivity index (χ0n) is 13.7. The van der Waals surface area contributed by atoms with Crippen molar-refractivity contribution < 1.29 is 9.90 Å². The average molecular weight is 294 g/mol. The summed E-state index contributed by atoms with van der Waals surface area (Å²) in [5, 5.41) is 8.51. The van der Waals surface area contributed by atoms with E-state index in [0.717, 1.165) is 25.7 Å². The second-order valence-corrected chi connectivity index (χ2v) is 5.81. The molecule has 0 radical (unpaired) electrons. The molecule has 0 fully saturated rings. The van der Waals surface area contributed by atoms with Gasteiger partial charge in [-0.25, -0.2) is 0 Å². The lowest BCUT2D eigenvalue weighted by atomic mass is 10.1. The fourth-order valence-electron chi connectivity index (χ4n) is 2.39. The highest BCUT2D eigenvalue weighted by atomic mass is 16.4. The Labute approximate surface area is 131 Å². The number of carboxylic acid groups (broad SMARTS) is 1. The Kier molecular flexibility index (Phi) is 16.2. The quantitative estimate of drug-likeness (QED) is 0.269. The molecule has 0 aromatic carbocycles. The molecule has 0 atom stereocenters. The molecule has 0 aromatic rings. The van der Waals surface area contributed by atoms with Crippen LogP contribution in [0.1, 0.15) is 89.9 Å². The van der Waals surface area contributed by atoms with Gasteiger partial charge >= 0.3 is 5.97 Å². The summed E-state index contributed by atoms with van der Waals surface area (Å²) in [7, 11) is 0. The highest BCUT2D eigenvalue weighted by molar-refractivity contribution is 5.66. The third kappa shape index (κ3) is 18.9. The van der Waals surface area contributed by atoms with Gasteiger partial charge in [0.25, 0.3) is 0 Å². The Balaban J connectivity index is 3.08. The first-order valence-electron chi connectivity index (χ1n) is 8.75. The lowest BCUT2D eigenvalue weighted by molar-refractivity contribution is -0.137. The number of carboxylic acids is 1. The van der Waals surface area contributed by atoms with Crippen molar-refractivity contribution in [2.24, 2.45) is 0 Å². The maximum absolute atomic E-state index is 10.3. The van der Waals surface area contributed by atoms with Crippen molar-refractivity contribution in [3.8, 4) is 0 Å². The van der Waals surface area contributed by atoms with Gasteiger partial charge in [0.2, 0.25) is 0 Å². The Hall–Kier alpha value is -1.05. The molecule has 0 rings (SSSR count). The number of hydrogen-bond donors (Lipinski definition) is 1. The second kappa shape index (κ2) is 17.0. The minimum absolute atomic E-state index is 0.317. The van der Waals surface area contributed by atoms with Crippen molar-refractivity contribution in [2.45, 2.75) is 89.9 Å². The maximum Gasteiger partial charge on any atom is 0.303 e. The van der Waals surface area contributed by atoms with E-state index in [1.165, 1.54) is 57.8 Å². The molecular weight excluding hydrogens is 260 g/mol. The largest absolute Gasteiger partial charge is 0.481 e. The topological polar surface area (TPSA) is 37.3 Å². The van der Waals surface area contributed by atoms with Crippen LogP contribution in [0.15, 0.2) is 24.8 Å². The number of aliphatic carboxylic acids is 1.